The number of quaternary nitrogens is 2. The highest BCUT2D eigenvalue weighted by Gasteiger charge is 2.64. The summed E-state index contributed by atoms with van der Waals surface area (Å²) >= 11 is 0. The Balaban J connectivity index is 1.30. The Labute approximate surface area is 370 Å². The first-order chi connectivity index (χ1) is 29.9. The van der Waals surface area contributed by atoms with Gasteiger partial charge in [-0.2, -0.15) is 0 Å². The van der Waals surface area contributed by atoms with Crippen molar-refractivity contribution >= 4 is 47.8 Å². The maximum Gasteiger partial charge on any atom is 0.310 e. The van der Waals surface area contributed by atoms with Crippen LogP contribution < -0.4 is 28.4 Å². The zero-order valence-corrected chi connectivity index (χ0v) is 37.6. The van der Waals surface area contributed by atoms with Crippen molar-refractivity contribution in [2.75, 3.05) is 14.1 Å². The summed E-state index contributed by atoms with van der Waals surface area (Å²) in [5.41, 5.74) is -0.325. The highest BCUT2D eigenvalue weighted by molar-refractivity contribution is 5.83. The van der Waals surface area contributed by atoms with Crippen LogP contribution in [0.4, 0.5) is 0 Å². The normalized spacial score (nSPS) is 27.6. The molecule has 0 aliphatic carbocycles. The Hall–Kier alpha value is -5.88. The molecular formula is C46H58N2O16+2. The lowest BCUT2D eigenvalue weighted by Crippen LogP contribution is -2.63. The molecule has 4 heterocycles. The predicted octanol–water partition coefficient (Wildman–Crippen LogP) is 5.26. The molecule has 4 unspecified atom stereocenters. The molecular weight excluding hydrogens is 837 g/mol. The molecule has 2 aromatic rings. The molecule has 4 saturated heterocycles. The van der Waals surface area contributed by atoms with E-state index in [1.165, 1.54) is 27.7 Å². The molecule has 8 atom stereocenters. The van der Waals surface area contributed by atoms with Gasteiger partial charge in [-0.3, -0.25) is 38.4 Å². The summed E-state index contributed by atoms with van der Waals surface area (Å²) < 4.78 is 33.3. The Morgan fingerprint density at radius 3 is 0.984 bits per heavy atom. The van der Waals surface area contributed by atoms with Gasteiger partial charge >= 0.3 is 47.8 Å². The summed E-state index contributed by atoms with van der Waals surface area (Å²) in [5, 5.41) is 21.8. The van der Waals surface area contributed by atoms with E-state index in [4.69, 9.17) is 28.4 Å². The van der Waals surface area contributed by atoms with Gasteiger partial charge in [-0.05, 0) is 36.1 Å². The van der Waals surface area contributed by atoms with Gasteiger partial charge in [0.25, 0.3) is 0 Å². The fourth-order valence-corrected chi connectivity index (χ4v) is 11.8. The third-order valence-electron chi connectivity index (χ3n) is 14.2. The van der Waals surface area contributed by atoms with Crippen LogP contribution in [-0.2, 0) is 51.4 Å². The van der Waals surface area contributed by atoms with Gasteiger partial charge in [0, 0.05) is 104 Å². The molecule has 4 fully saturated rings. The fourth-order valence-electron chi connectivity index (χ4n) is 11.8. The van der Waals surface area contributed by atoms with Crippen molar-refractivity contribution in [1.29, 1.82) is 0 Å². The number of nitrogens with zero attached hydrogens (tertiary/aromatic N) is 2. The molecule has 346 valence electrons. The van der Waals surface area contributed by atoms with Crippen molar-refractivity contribution in [2.45, 2.75) is 137 Å². The van der Waals surface area contributed by atoms with Gasteiger partial charge in [-0.1, -0.05) is 0 Å². The van der Waals surface area contributed by atoms with Gasteiger partial charge in [-0.15, -0.1) is 0 Å². The van der Waals surface area contributed by atoms with Crippen LogP contribution in [0.3, 0.4) is 0 Å². The summed E-state index contributed by atoms with van der Waals surface area (Å²) in [4.78, 5) is 99.4. The van der Waals surface area contributed by atoms with Gasteiger partial charge in [0.15, 0.2) is 23.0 Å². The number of fused-ring (bicyclic) bond motifs is 4. The lowest BCUT2D eigenvalue weighted by atomic mass is 9.57. The summed E-state index contributed by atoms with van der Waals surface area (Å²) in [6.07, 6.45) is 4.36. The van der Waals surface area contributed by atoms with Crippen molar-refractivity contribution in [2.24, 2.45) is 17.3 Å². The number of piperidine rings is 2. The third-order valence-corrected chi connectivity index (χ3v) is 14.2. The van der Waals surface area contributed by atoms with E-state index in [1.807, 2.05) is 0 Å². The van der Waals surface area contributed by atoms with Crippen LogP contribution in [0.2, 0.25) is 0 Å². The maximum absolute atomic E-state index is 13.9. The first-order valence-electron chi connectivity index (χ1n) is 21.5. The Bertz CT molecular complexity index is 2030. The number of hydrogen-bond acceptors (Lipinski definition) is 14. The maximum atomic E-state index is 13.9. The Morgan fingerprint density at radius 2 is 0.766 bits per heavy atom. The molecule has 6 rings (SSSR count). The summed E-state index contributed by atoms with van der Waals surface area (Å²) in [6.45, 7) is 7.82. The van der Waals surface area contributed by atoms with E-state index in [0.29, 0.717) is 58.9 Å². The van der Waals surface area contributed by atoms with Crippen LogP contribution in [0.5, 0.6) is 34.5 Å². The standard InChI is InChI=1S/C46H56N2O16/c1-24(49)59-38-13-30(14-39(60-25(2)50)43(38)63-28(5)53)22-47(7)34-9-10-35(47)18-32(17-34)46(45(57)58,21-42(55)56)33-19-36-11-12-37(20-33)48(36,8)23-31-15-40(61-26(3)51)44(64-29(6)54)41(16-31)62-27(4)52/h13-16,32-37H,9-12,17-23H2,1-8H3/p+2/t32?,33?,34-,35+,36-,37+,46?,47?,48?. The highest BCUT2D eigenvalue weighted by atomic mass is 16.6. The number of aliphatic carboxylic acids is 2. The monoisotopic (exact) mass is 894 g/mol. The Kier molecular flexibility index (Phi) is 13.6. The first-order valence-corrected chi connectivity index (χ1v) is 21.5. The fraction of sp³-hybridized carbons (Fsp3) is 0.565. The average Bonchev–Trinajstić information content (AvgIpc) is 3.38. The van der Waals surface area contributed by atoms with E-state index in [-0.39, 0.29) is 58.7 Å². The number of rotatable bonds is 15. The van der Waals surface area contributed by atoms with Crippen LogP contribution in [0.25, 0.3) is 0 Å². The third kappa shape index (κ3) is 9.62. The van der Waals surface area contributed by atoms with Crippen LogP contribution in [-0.4, -0.2) is 105 Å². The Morgan fingerprint density at radius 1 is 0.500 bits per heavy atom. The van der Waals surface area contributed by atoms with Crippen molar-refractivity contribution in [3.63, 3.8) is 0 Å². The van der Waals surface area contributed by atoms with Crippen molar-refractivity contribution in [1.82, 2.24) is 0 Å². The van der Waals surface area contributed by atoms with Gasteiger partial charge in [-0.25, -0.2) is 0 Å². The molecule has 0 saturated carbocycles. The van der Waals surface area contributed by atoms with Crippen molar-refractivity contribution in [3.05, 3.63) is 35.4 Å². The van der Waals surface area contributed by atoms with Gasteiger partial charge in [0.2, 0.25) is 11.5 Å². The largest absolute Gasteiger partial charge is 0.481 e. The minimum Gasteiger partial charge on any atom is -0.481 e. The molecule has 4 aliphatic rings. The highest BCUT2D eigenvalue weighted by Crippen LogP contribution is 2.59. The minimum atomic E-state index is -1.57. The molecule has 2 aromatic carbocycles. The topological polar surface area (TPSA) is 232 Å². The molecule has 4 aliphatic heterocycles. The number of esters is 6. The number of carbonyl (C=O) groups excluding carboxylic acids is 6. The average molecular weight is 895 g/mol. The lowest BCUT2D eigenvalue weighted by Gasteiger charge is -2.55. The van der Waals surface area contributed by atoms with E-state index in [9.17, 15) is 48.6 Å². The molecule has 0 radical (unpaired) electrons. The number of carbonyl (C=O) groups is 8. The second kappa shape index (κ2) is 18.3. The molecule has 18 heteroatoms. The van der Waals surface area contributed by atoms with Crippen LogP contribution in [0.15, 0.2) is 24.3 Å². The molecule has 0 amide bonds. The second-order valence-electron chi connectivity index (χ2n) is 18.4. The SMILES string of the molecule is CC(=O)Oc1cc(C[N+]2(C)[C@@H]3CC[C@H]2CC(C(CC(=O)O)(C(=O)O)C2C[C@H]4CC[C@@H](C2)[N+]4(C)Cc2cc(OC(C)=O)c(OC(C)=O)c(OC(C)=O)c2)C3)cc(OC(C)=O)c1OC(C)=O. The summed E-state index contributed by atoms with van der Waals surface area (Å²) in [5.74, 6) is -8.20. The van der Waals surface area contributed by atoms with Crippen LogP contribution in [0, 0.1) is 17.3 Å². The van der Waals surface area contributed by atoms with E-state index >= 15 is 0 Å². The number of benzene rings is 2. The van der Waals surface area contributed by atoms with Crippen LogP contribution in [0.1, 0.15) is 110 Å². The molecule has 2 N–H and O–H groups in total. The van der Waals surface area contributed by atoms with E-state index in [0.717, 1.165) is 39.5 Å². The lowest BCUT2D eigenvalue weighted by molar-refractivity contribution is -0.963. The van der Waals surface area contributed by atoms with Gasteiger partial charge < -0.3 is 47.6 Å². The van der Waals surface area contributed by atoms with E-state index in [1.54, 1.807) is 24.3 Å². The zero-order chi connectivity index (χ0) is 47.1. The number of carboxylic acid groups (broad SMARTS) is 2. The molecule has 0 spiro atoms. The summed E-state index contributed by atoms with van der Waals surface area (Å²) in [6, 6.07) is 6.04. The summed E-state index contributed by atoms with van der Waals surface area (Å²) in [7, 11) is 4.16. The van der Waals surface area contributed by atoms with Crippen molar-refractivity contribution in [3.8, 4) is 34.5 Å². The quantitative estimate of drug-likeness (QED) is 0.132. The van der Waals surface area contributed by atoms with Crippen LogP contribution >= 0.6 is 0 Å². The number of carboxylic acids is 2. The smallest absolute Gasteiger partial charge is 0.310 e. The molecule has 64 heavy (non-hydrogen) atoms. The molecule has 18 nitrogen and oxygen atoms in total. The van der Waals surface area contributed by atoms with E-state index < -0.39 is 71.4 Å². The number of ether oxygens (including phenoxy) is 6. The predicted molar refractivity (Wildman–Crippen MR) is 222 cm³/mol. The first kappa shape index (κ1) is 47.6. The van der Waals surface area contributed by atoms with Gasteiger partial charge in [0.1, 0.15) is 13.1 Å². The minimum absolute atomic E-state index is 0.0621. The van der Waals surface area contributed by atoms with Crippen molar-refractivity contribution < 1.29 is 86.0 Å². The molecule has 0 aromatic heterocycles. The molecule has 4 bridgehead atoms. The van der Waals surface area contributed by atoms with Gasteiger partial charge in [0.05, 0.1) is 50.1 Å². The zero-order valence-electron chi connectivity index (χ0n) is 37.6. The second-order valence-corrected chi connectivity index (χ2v) is 18.4. The number of hydrogen-bond donors (Lipinski definition) is 2. The van der Waals surface area contributed by atoms with E-state index in [2.05, 4.69) is 14.1 Å².